The Morgan fingerprint density at radius 1 is 1.11 bits per heavy atom. The van der Waals surface area contributed by atoms with Crippen LogP contribution in [0, 0.1) is 13.8 Å². The van der Waals surface area contributed by atoms with Crippen LogP contribution < -0.4 is 14.8 Å². The summed E-state index contributed by atoms with van der Waals surface area (Å²) in [6, 6.07) is 15.3. The number of anilines is 1. The van der Waals surface area contributed by atoms with Gasteiger partial charge in [0.25, 0.3) is 0 Å². The average Bonchev–Trinajstić information content (AvgIpc) is 3.25. The van der Waals surface area contributed by atoms with Gasteiger partial charge in [-0.1, -0.05) is 29.8 Å². The van der Waals surface area contributed by atoms with Crippen LogP contribution >= 0.6 is 11.6 Å². The minimum Gasteiger partial charge on any atom is -0.495 e. The fourth-order valence-electron chi connectivity index (χ4n) is 4.15. The maximum Gasteiger partial charge on any atom is 0.248 e. The van der Waals surface area contributed by atoms with Gasteiger partial charge in [0.1, 0.15) is 17.1 Å². The minimum absolute atomic E-state index is 0.253. The molecule has 0 unspecified atom stereocenters. The van der Waals surface area contributed by atoms with Crippen LogP contribution in [0.15, 0.2) is 65.3 Å². The topological polar surface area (TPSA) is 60.7 Å². The van der Waals surface area contributed by atoms with E-state index in [-0.39, 0.29) is 5.91 Å². The highest BCUT2D eigenvalue weighted by Gasteiger charge is 2.19. The zero-order chi connectivity index (χ0) is 25.1. The highest BCUT2D eigenvalue weighted by molar-refractivity contribution is 6.30. The lowest BCUT2D eigenvalue weighted by Crippen LogP contribution is -2.10. The molecule has 0 aliphatic carbocycles. The number of rotatable bonds is 7. The molecule has 1 N–H and O–H groups in total. The van der Waals surface area contributed by atoms with Gasteiger partial charge in [-0.25, -0.2) is 0 Å². The number of furan rings is 1. The molecule has 6 heteroatoms. The first-order valence-electron chi connectivity index (χ1n) is 11.4. The molecule has 0 aliphatic heterocycles. The van der Waals surface area contributed by atoms with E-state index in [1.807, 2.05) is 76.2 Å². The van der Waals surface area contributed by atoms with Crippen LogP contribution in [0.5, 0.6) is 11.5 Å². The van der Waals surface area contributed by atoms with Gasteiger partial charge in [-0.2, -0.15) is 0 Å². The number of ether oxygens (including phenoxy) is 2. The Morgan fingerprint density at radius 3 is 2.54 bits per heavy atom. The predicted octanol–water partition coefficient (Wildman–Crippen LogP) is 7.82. The van der Waals surface area contributed by atoms with E-state index in [9.17, 15) is 4.79 Å². The van der Waals surface area contributed by atoms with Crippen LogP contribution in [-0.4, -0.2) is 19.6 Å². The molecular formula is C29H28ClNO4. The fraction of sp³-hybridized carbons (Fsp3) is 0.207. The second kappa shape index (κ2) is 10.3. The van der Waals surface area contributed by atoms with Crippen molar-refractivity contribution >= 4 is 39.7 Å². The monoisotopic (exact) mass is 489 g/mol. The number of allylic oxidation sites excluding steroid dienone is 1. The Labute approximate surface area is 210 Å². The van der Waals surface area contributed by atoms with Crippen molar-refractivity contribution in [3.63, 3.8) is 0 Å². The molecule has 3 aromatic carbocycles. The van der Waals surface area contributed by atoms with E-state index < -0.39 is 0 Å². The van der Waals surface area contributed by atoms with E-state index in [0.717, 1.165) is 44.4 Å². The summed E-state index contributed by atoms with van der Waals surface area (Å²) < 4.78 is 17.4. The number of amides is 1. The predicted molar refractivity (Wildman–Crippen MR) is 143 cm³/mol. The Hall–Kier alpha value is -3.70. The third-order valence-electron chi connectivity index (χ3n) is 5.87. The first-order chi connectivity index (χ1) is 16.8. The Balaban J connectivity index is 1.77. The summed E-state index contributed by atoms with van der Waals surface area (Å²) >= 11 is 6.08. The number of aryl methyl sites for hydroxylation is 2. The van der Waals surface area contributed by atoms with Gasteiger partial charge in [0.05, 0.1) is 25.7 Å². The molecule has 4 rings (SSSR count). The lowest BCUT2D eigenvalue weighted by molar-refractivity contribution is -0.111. The summed E-state index contributed by atoms with van der Waals surface area (Å²) in [5.74, 6) is 1.05. The van der Waals surface area contributed by atoms with Crippen LogP contribution in [-0.2, 0) is 4.79 Å². The summed E-state index contributed by atoms with van der Waals surface area (Å²) in [7, 11) is 1.58. The van der Waals surface area contributed by atoms with Crippen molar-refractivity contribution in [2.24, 2.45) is 0 Å². The molecule has 4 aromatic rings. The quantitative estimate of drug-likeness (QED) is 0.269. The molecule has 0 spiro atoms. The number of benzene rings is 3. The van der Waals surface area contributed by atoms with E-state index in [4.69, 9.17) is 25.5 Å². The standard InChI is InChI=1S/C29H28ClNO4/c1-6-34-28-19(4)29-23(24(16-35-29)20-8-10-21(30)11-9-20)15-22(28)18(3)14-27(32)31-25-13-17(2)7-12-26(25)33-5/h7-16H,6H2,1-5H3,(H,31,32)/b18-14+. The number of nitrogens with one attached hydrogen (secondary N) is 1. The van der Waals surface area contributed by atoms with E-state index in [1.54, 1.807) is 19.4 Å². The SMILES string of the molecule is CCOc1c(/C(C)=C/C(=O)Nc2cc(C)ccc2OC)cc2c(-c3ccc(Cl)cc3)coc2c1C. The third-order valence-corrected chi connectivity index (χ3v) is 6.13. The summed E-state index contributed by atoms with van der Waals surface area (Å²) in [4.78, 5) is 12.9. The van der Waals surface area contributed by atoms with E-state index >= 15 is 0 Å². The van der Waals surface area contributed by atoms with Gasteiger partial charge in [0, 0.05) is 33.2 Å². The van der Waals surface area contributed by atoms with Crippen molar-refractivity contribution in [2.45, 2.75) is 27.7 Å². The second-order valence-corrected chi connectivity index (χ2v) is 8.80. The first-order valence-corrected chi connectivity index (χ1v) is 11.8. The maximum absolute atomic E-state index is 12.9. The van der Waals surface area contributed by atoms with E-state index in [0.29, 0.717) is 28.8 Å². The van der Waals surface area contributed by atoms with Crippen LogP contribution in [0.25, 0.3) is 27.7 Å². The van der Waals surface area contributed by atoms with Gasteiger partial charge < -0.3 is 19.2 Å². The highest BCUT2D eigenvalue weighted by Crippen LogP contribution is 2.41. The van der Waals surface area contributed by atoms with E-state index in [1.165, 1.54) is 0 Å². The third kappa shape index (κ3) is 5.05. The number of methoxy groups -OCH3 is 1. The summed E-state index contributed by atoms with van der Waals surface area (Å²) in [5, 5.41) is 4.55. The molecule has 0 saturated carbocycles. The maximum atomic E-state index is 12.9. The Bertz CT molecular complexity index is 1420. The number of carbonyl (C=O) groups excluding carboxylic acids is 1. The van der Waals surface area contributed by atoms with Crippen LogP contribution in [0.1, 0.15) is 30.5 Å². The van der Waals surface area contributed by atoms with Crippen LogP contribution in [0.4, 0.5) is 5.69 Å². The molecule has 0 aliphatic rings. The fourth-order valence-corrected chi connectivity index (χ4v) is 4.28. The number of carbonyl (C=O) groups is 1. The first kappa shape index (κ1) is 24.4. The van der Waals surface area contributed by atoms with Crippen molar-refractivity contribution in [3.8, 4) is 22.6 Å². The van der Waals surface area contributed by atoms with Crippen molar-refractivity contribution in [2.75, 3.05) is 19.0 Å². The van der Waals surface area contributed by atoms with Gasteiger partial charge in [0.2, 0.25) is 5.91 Å². The molecule has 0 radical (unpaired) electrons. The van der Waals surface area contributed by atoms with Crippen LogP contribution in [0.2, 0.25) is 5.02 Å². The van der Waals surface area contributed by atoms with Gasteiger partial charge >= 0.3 is 0 Å². The van der Waals surface area contributed by atoms with E-state index in [2.05, 4.69) is 5.32 Å². The number of hydrogen-bond donors (Lipinski definition) is 1. The molecule has 1 aromatic heterocycles. The molecule has 35 heavy (non-hydrogen) atoms. The molecule has 1 amide bonds. The summed E-state index contributed by atoms with van der Waals surface area (Å²) in [6.45, 7) is 8.26. The van der Waals surface area contributed by atoms with Gasteiger partial charge in [-0.05, 0) is 74.7 Å². The zero-order valence-electron chi connectivity index (χ0n) is 20.5. The van der Waals surface area contributed by atoms with Crippen molar-refractivity contribution < 1.29 is 18.7 Å². The van der Waals surface area contributed by atoms with Crippen molar-refractivity contribution in [1.82, 2.24) is 0 Å². The van der Waals surface area contributed by atoms with Gasteiger partial charge in [-0.15, -0.1) is 0 Å². The molecule has 0 atom stereocenters. The molecule has 5 nitrogen and oxygen atoms in total. The second-order valence-electron chi connectivity index (χ2n) is 8.36. The molecular weight excluding hydrogens is 462 g/mol. The zero-order valence-corrected chi connectivity index (χ0v) is 21.2. The highest BCUT2D eigenvalue weighted by atomic mass is 35.5. The lowest BCUT2D eigenvalue weighted by Gasteiger charge is -2.15. The van der Waals surface area contributed by atoms with Crippen LogP contribution in [0.3, 0.4) is 0 Å². The van der Waals surface area contributed by atoms with Crippen molar-refractivity contribution in [1.29, 1.82) is 0 Å². The number of halogens is 1. The average molecular weight is 490 g/mol. The smallest absolute Gasteiger partial charge is 0.248 e. The van der Waals surface area contributed by atoms with Crippen molar-refractivity contribution in [3.05, 3.63) is 82.6 Å². The largest absolute Gasteiger partial charge is 0.495 e. The molecule has 0 saturated heterocycles. The lowest BCUT2D eigenvalue weighted by atomic mass is 9.96. The molecule has 0 fully saturated rings. The van der Waals surface area contributed by atoms with Gasteiger partial charge in [0.15, 0.2) is 0 Å². The molecule has 1 heterocycles. The summed E-state index contributed by atoms with van der Waals surface area (Å²) in [6.07, 6.45) is 3.32. The summed E-state index contributed by atoms with van der Waals surface area (Å²) in [5.41, 5.74) is 6.83. The molecule has 180 valence electrons. The molecule has 0 bridgehead atoms. The number of hydrogen-bond acceptors (Lipinski definition) is 4. The normalized spacial score (nSPS) is 11.5. The Morgan fingerprint density at radius 2 is 1.86 bits per heavy atom. The minimum atomic E-state index is -0.253. The Kier molecular flexibility index (Phi) is 7.17. The van der Waals surface area contributed by atoms with Gasteiger partial charge in [-0.3, -0.25) is 4.79 Å². The number of fused-ring (bicyclic) bond motifs is 1.